The Bertz CT molecular complexity index is 336. The van der Waals surface area contributed by atoms with Gasteiger partial charge >= 0.3 is 5.97 Å². The molecule has 0 rings (SSSR count). The van der Waals surface area contributed by atoms with Crippen LogP contribution >= 0.6 is 0 Å². The van der Waals surface area contributed by atoms with Crippen molar-refractivity contribution in [1.82, 2.24) is 5.32 Å². The number of amides is 1. The Morgan fingerprint density at radius 1 is 0.857 bits per heavy atom. The molecule has 0 aliphatic heterocycles. The van der Waals surface area contributed by atoms with E-state index in [4.69, 9.17) is 7.85 Å². The first-order valence-corrected chi connectivity index (χ1v) is 8.44. The summed E-state index contributed by atoms with van der Waals surface area (Å²) in [6.07, 6.45) is 14.6. The summed E-state index contributed by atoms with van der Waals surface area (Å²) in [6, 6.07) is 0. The Balaban J connectivity index is 3.36. The third-order valence-electron chi connectivity index (χ3n) is 3.57. The Hall–Kier alpha value is -1.06. The number of aliphatic carboxylic acids is 1. The van der Waals surface area contributed by atoms with E-state index in [1.165, 1.54) is 57.8 Å². The molecule has 0 aromatic rings. The third kappa shape index (κ3) is 16.9. The molecule has 4 nitrogen and oxygen atoms in total. The number of hydrogen-bond donors (Lipinski definition) is 2. The van der Waals surface area contributed by atoms with E-state index in [2.05, 4.69) is 6.92 Å². The van der Waals surface area contributed by atoms with Crippen LogP contribution in [-0.4, -0.2) is 23.5 Å². The van der Waals surface area contributed by atoms with Crippen molar-refractivity contribution in [3.8, 4) is 0 Å². The van der Waals surface area contributed by atoms with Gasteiger partial charge in [0.2, 0.25) is 5.91 Å². The van der Waals surface area contributed by atoms with Gasteiger partial charge in [-0.3, -0.25) is 9.59 Å². The summed E-state index contributed by atoms with van der Waals surface area (Å²) in [5.41, 5.74) is 0. The standard InChI is InChI=1S/C17H33NO3/c1-2-3-4-5-6-7-8-9-10-11-12-13-14-16(19)18-15-17(20)21/h2-15H2,1H3,(H,18,19)(H,20,21)/i15D2. The Morgan fingerprint density at radius 3 is 1.71 bits per heavy atom. The van der Waals surface area contributed by atoms with Crippen LogP contribution in [0.5, 0.6) is 0 Å². The molecule has 0 atom stereocenters. The van der Waals surface area contributed by atoms with E-state index in [-0.39, 0.29) is 6.42 Å². The van der Waals surface area contributed by atoms with E-state index in [0.717, 1.165) is 12.8 Å². The highest BCUT2D eigenvalue weighted by molar-refractivity contribution is 5.80. The topological polar surface area (TPSA) is 66.4 Å². The number of carbonyl (C=O) groups is 2. The molecule has 0 spiro atoms. The molecule has 0 saturated carbocycles. The van der Waals surface area contributed by atoms with Crippen LogP contribution in [0.25, 0.3) is 0 Å². The number of hydrogen-bond acceptors (Lipinski definition) is 2. The molecule has 0 saturated heterocycles. The van der Waals surface area contributed by atoms with E-state index in [9.17, 15) is 9.59 Å². The summed E-state index contributed by atoms with van der Waals surface area (Å²) in [4.78, 5) is 22.0. The van der Waals surface area contributed by atoms with Crippen LogP contribution in [0.1, 0.15) is 93.1 Å². The fraction of sp³-hybridized carbons (Fsp3) is 0.882. The molecule has 1 amide bonds. The quantitative estimate of drug-likeness (QED) is 0.444. The molecule has 0 aromatic carbocycles. The third-order valence-corrected chi connectivity index (χ3v) is 3.57. The predicted octanol–water partition coefficient (Wildman–Crippen LogP) is 4.28. The smallest absolute Gasteiger partial charge is 0.322 e. The molecule has 0 aliphatic rings. The van der Waals surface area contributed by atoms with Gasteiger partial charge in [-0.05, 0) is 6.42 Å². The average molecular weight is 301 g/mol. The Labute approximate surface area is 132 Å². The van der Waals surface area contributed by atoms with Crippen molar-refractivity contribution in [2.75, 3.05) is 6.50 Å². The summed E-state index contributed by atoms with van der Waals surface area (Å²) >= 11 is 0. The first-order valence-electron chi connectivity index (χ1n) is 9.44. The number of nitrogens with one attached hydrogen (secondary N) is 1. The first-order chi connectivity index (χ1) is 10.9. The minimum atomic E-state index is -2.67. The van der Waals surface area contributed by atoms with Crippen LogP contribution in [-0.2, 0) is 9.59 Å². The minimum absolute atomic E-state index is 0.185. The number of unbranched alkanes of at least 4 members (excludes halogenated alkanes) is 11. The van der Waals surface area contributed by atoms with E-state index < -0.39 is 18.4 Å². The molecule has 21 heavy (non-hydrogen) atoms. The van der Waals surface area contributed by atoms with Gasteiger partial charge in [0.25, 0.3) is 0 Å². The van der Waals surface area contributed by atoms with Crippen molar-refractivity contribution >= 4 is 11.9 Å². The average Bonchev–Trinajstić information content (AvgIpc) is 2.47. The van der Waals surface area contributed by atoms with E-state index in [0.29, 0.717) is 6.42 Å². The van der Waals surface area contributed by atoms with Crippen LogP contribution in [0.3, 0.4) is 0 Å². The summed E-state index contributed by atoms with van der Waals surface area (Å²) in [5, 5.41) is 10.5. The van der Waals surface area contributed by atoms with Crippen molar-refractivity contribution in [3.63, 3.8) is 0 Å². The first kappa shape index (κ1) is 16.3. The van der Waals surface area contributed by atoms with Crippen molar-refractivity contribution in [3.05, 3.63) is 0 Å². The fourth-order valence-corrected chi connectivity index (χ4v) is 2.31. The molecule has 0 unspecified atom stereocenters. The zero-order chi connectivity index (χ0) is 17.6. The lowest BCUT2D eigenvalue weighted by Gasteiger charge is -2.03. The molecule has 0 radical (unpaired) electrons. The van der Waals surface area contributed by atoms with Crippen LogP contribution < -0.4 is 5.32 Å². The van der Waals surface area contributed by atoms with Gasteiger partial charge in [-0.1, -0.05) is 77.6 Å². The second-order valence-corrected chi connectivity index (χ2v) is 5.62. The zero-order valence-corrected chi connectivity index (χ0v) is 13.5. The van der Waals surface area contributed by atoms with Gasteiger partial charge < -0.3 is 10.4 Å². The molecule has 0 bridgehead atoms. The van der Waals surface area contributed by atoms with E-state index >= 15 is 0 Å². The maximum absolute atomic E-state index is 11.4. The molecule has 124 valence electrons. The molecule has 4 heteroatoms. The summed E-state index contributed by atoms with van der Waals surface area (Å²) in [6.45, 7) is -0.444. The maximum Gasteiger partial charge on any atom is 0.322 e. The highest BCUT2D eigenvalue weighted by atomic mass is 16.4. The molecule has 2 N–H and O–H groups in total. The highest BCUT2D eigenvalue weighted by Gasteiger charge is 2.03. The van der Waals surface area contributed by atoms with Crippen molar-refractivity contribution in [1.29, 1.82) is 0 Å². The number of carboxylic acid groups (broad SMARTS) is 1. The SMILES string of the molecule is [2H]C([2H])(NC(=O)CCCCCCCCCCCCCC)C(=O)O. The fourth-order valence-electron chi connectivity index (χ4n) is 2.31. The summed E-state index contributed by atoms with van der Waals surface area (Å²) < 4.78 is 14.2. The zero-order valence-electron chi connectivity index (χ0n) is 15.5. The lowest BCUT2D eigenvalue weighted by molar-refractivity contribution is -0.137. The van der Waals surface area contributed by atoms with Gasteiger partial charge in [-0.15, -0.1) is 0 Å². The normalized spacial score (nSPS) is 12.6. The van der Waals surface area contributed by atoms with E-state index in [1.807, 2.05) is 5.32 Å². The van der Waals surface area contributed by atoms with Crippen LogP contribution in [0.15, 0.2) is 0 Å². The molecule has 0 heterocycles. The maximum atomic E-state index is 11.4. The largest absolute Gasteiger partial charge is 0.480 e. The van der Waals surface area contributed by atoms with Gasteiger partial charge in [0.15, 0.2) is 0 Å². The Kier molecular flexibility index (Phi) is 11.9. The summed E-state index contributed by atoms with van der Waals surface area (Å²) in [5.74, 6) is -2.20. The van der Waals surface area contributed by atoms with Gasteiger partial charge in [0.1, 0.15) is 6.50 Å². The van der Waals surface area contributed by atoms with Gasteiger partial charge in [0.05, 0.1) is 2.74 Å². The molecular weight excluding hydrogens is 266 g/mol. The van der Waals surface area contributed by atoms with Gasteiger partial charge in [0, 0.05) is 6.42 Å². The number of carbonyl (C=O) groups excluding carboxylic acids is 1. The lowest BCUT2D eigenvalue weighted by Crippen LogP contribution is -2.28. The van der Waals surface area contributed by atoms with Crippen molar-refractivity contribution < 1.29 is 17.4 Å². The van der Waals surface area contributed by atoms with Crippen LogP contribution in [0, 0.1) is 0 Å². The highest BCUT2D eigenvalue weighted by Crippen LogP contribution is 2.12. The second kappa shape index (κ2) is 15.3. The predicted molar refractivity (Wildman–Crippen MR) is 86.3 cm³/mol. The van der Waals surface area contributed by atoms with Gasteiger partial charge in [-0.2, -0.15) is 0 Å². The van der Waals surface area contributed by atoms with Crippen molar-refractivity contribution in [2.45, 2.75) is 90.4 Å². The molecule has 0 aromatic heterocycles. The van der Waals surface area contributed by atoms with Crippen LogP contribution in [0.4, 0.5) is 0 Å². The minimum Gasteiger partial charge on any atom is -0.480 e. The molecule has 0 aliphatic carbocycles. The van der Waals surface area contributed by atoms with Crippen molar-refractivity contribution in [2.24, 2.45) is 0 Å². The Morgan fingerprint density at radius 2 is 1.29 bits per heavy atom. The lowest BCUT2D eigenvalue weighted by atomic mass is 10.0. The number of rotatable bonds is 15. The number of carboxylic acids is 1. The second-order valence-electron chi connectivity index (χ2n) is 5.62. The molecule has 0 fully saturated rings. The summed E-state index contributed by atoms with van der Waals surface area (Å²) in [7, 11) is 0. The van der Waals surface area contributed by atoms with E-state index in [1.54, 1.807) is 0 Å². The van der Waals surface area contributed by atoms with Crippen LogP contribution in [0.2, 0.25) is 0 Å². The molecular formula is C17H33NO3. The van der Waals surface area contributed by atoms with Gasteiger partial charge in [-0.25, -0.2) is 0 Å². The monoisotopic (exact) mass is 301 g/mol.